The van der Waals surface area contributed by atoms with Gasteiger partial charge in [-0.1, -0.05) is 65.0 Å². The molecule has 112 valence electrons. The van der Waals surface area contributed by atoms with Crippen molar-refractivity contribution in [3.05, 3.63) is 34.9 Å². The Kier molecular flexibility index (Phi) is 5.95. The smallest absolute Gasteiger partial charge is 0.0453 e. The molecule has 1 saturated carbocycles. The number of hydrogen-bond acceptors (Lipinski definition) is 1. The molecular weight excluding hydrogens is 334 g/mol. The van der Waals surface area contributed by atoms with Crippen LogP contribution in [0.15, 0.2) is 24.3 Å². The van der Waals surface area contributed by atoms with E-state index in [9.17, 15) is 0 Å². The molecule has 1 aromatic rings. The molecule has 1 aliphatic carbocycles. The number of hydrogen-bond donors (Lipinski definition) is 0. The molecule has 0 amide bonds. The second-order valence-electron chi connectivity index (χ2n) is 6.31. The second kappa shape index (κ2) is 7.29. The lowest BCUT2D eigenvalue weighted by molar-refractivity contribution is 0.120. The van der Waals surface area contributed by atoms with Crippen molar-refractivity contribution in [1.29, 1.82) is 0 Å². The van der Waals surface area contributed by atoms with Gasteiger partial charge in [0.05, 0.1) is 0 Å². The van der Waals surface area contributed by atoms with Crippen molar-refractivity contribution in [3.63, 3.8) is 0 Å². The third kappa shape index (κ3) is 3.78. The maximum absolute atomic E-state index is 6.34. The maximum Gasteiger partial charge on any atom is 0.0453 e. The SMILES string of the molecule is CC(c1ccccc1Cl)N(C)CC1(CBr)CCCCC1. The van der Waals surface area contributed by atoms with E-state index in [1.807, 2.05) is 12.1 Å². The average molecular weight is 359 g/mol. The van der Waals surface area contributed by atoms with Gasteiger partial charge in [0.1, 0.15) is 0 Å². The fraction of sp³-hybridized carbons (Fsp3) is 0.647. The van der Waals surface area contributed by atoms with Crippen LogP contribution in [0.25, 0.3) is 0 Å². The normalized spacial score (nSPS) is 20.1. The van der Waals surface area contributed by atoms with Crippen LogP contribution in [0.2, 0.25) is 5.02 Å². The second-order valence-corrected chi connectivity index (χ2v) is 7.27. The first-order valence-electron chi connectivity index (χ1n) is 7.59. The first-order valence-corrected chi connectivity index (χ1v) is 9.08. The number of halogens is 2. The van der Waals surface area contributed by atoms with Crippen LogP contribution in [-0.2, 0) is 0 Å². The Balaban J connectivity index is 2.07. The van der Waals surface area contributed by atoms with Gasteiger partial charge in [0.25, 0.3) is 0 Å². The molecule has 0 spiro atoms. The summed E-state index contributed by atoms with van der Waals surface area (Å²) in [4.78, 5) is 2.47. The standard InChI is InChI=1S/C17H25BrClN/c1-14(15-8-4-5-9-16(15)19)20(2)13-17(12-18)10-6-3-7-11-17/h4-5,8-9,14H,3,6-7,10-13H2,1-2H3. The summed E-state index contributed by atoms with van der Waals surface area (Å²) in [6, 6.07) is 8.57. The van der Waals surface area contributed by atoms with E-state index < -0.39 is 0 Å². The van der Waals surface area contributed by atoms with Crippen LogP contribution in [0.1, 0.15) is 50.6 Å². The number of alkyl halides is 1. The highest BCUT2D eigenvalue weighted by Gasteiger charge is 2.33. The van der Waals surface area contributed by atoms with Crippen LogP contribution in [0.3, 0.4) is 0 Å². The summed E-state index contributed by atoms with van der Waals surface area (Å²) in [5, 5.41) is 1.99. The number of nitrogens with zero attached hydrogens (tertiary/aromatic N) is 1. The Morgan fingerprint density at radius 1 is 1.25 bits per heavy atom. The summed E-state index contributed by atoms with van der Waals surface area (Å²) < 4.78 is 0. The van der Waals surface area contributed by atoms with Crippen molar-refractivity contribution >= 4 is 27.5 Å². The van der Waals surface area contributed by atoms with E-state index in [0.29, 0.717) is 11.5 Å². The zero-order valence-electron chi connectivity index (χ0n) is 12.5. The Bertz CT molecular complexity index is 429. The van der Waals surface area contributed by atoms with Crippen LogP contribution in [0, 0.1) is 5.41 Å². The Morgan fingerprint density at radius 2 is 1.90 bits per heavy atom. The fourth-order valence-corrected chi connectivity index (χ4v) is 4.38. The van der Waals surface area contributed by atoms with Crippen LogP contribution in [0.5, 0.6) is 0 Å². The minimum atomic E-state index is 0.363. The van der Waals surface area contributed by atoms with E-state index in [2.05, 4.69) is 46.9 Å². The molecule has 0 bridgehead atoms. The molecular formula is C17H25BrClN. The van der Waals surface area contributed by atoms with Crippen LogP contribution in [-0.4, -0.2) is 23.8 Å². The van der Waals surface area contributed by atoms with Crippen molar-refractivity contribution in [2.75, 3.05) is 18.9 Å². The lowest BCUT2D eigenvalue weighted by atomic mass is 9.75. The molecule has 1 fully saturated rings. The van der Waals surface area contributed by atoms with E-state index in [-0.39, 0.29) is 0 Å². The van der Waals surface area contributed by atoms with Gasteiger partial charge in [-0.2, -0.15) is 0 Å². The first kappa shape index (κ1) is 16.3. The molecule has 0 N–H and O–H groups in total. The third-order valence-corrected chi connectivity index (χ3v) is 6.33. The van der Waals surface area contributed by atoms with Crippen molar-refractivity contribution < 1.29 is 0 Å². The lowest BCUT2D eigenvalue weighted by Crippen LogP contribution is -2.39. The lowest BCUT2D eigenvalue weighted by Gasteiger charge is -2.41. The predicted molar refractivity (Wildman–Crippen MR) is 91.8 cm³/mol. The number of benzene rings is 1. The van der Waals surface area contributed by atoms with Gasteiger partial charge in [0.2, 0.25) is 0 Å². The molecule has 0 aliphatic heterocycles. The van der Waals surface area contributed by atoms with Crippen molar-refractivity contribution in [3.8, 4) is 0 Å². The maximum atomic E-state index is 6.34. The molecule has 0 saturated heterocycles. The average Bonchev–Trinajstić information content (AvgIpc) is 2.48. The van der Waals surface area contributed by atoms with Gasteiger partial charge >= 0.3 is 0 Å². The van der Waals surface area contributed by atoms with E-state index in [4.69, 9.17) is 11.6 Å². The van der Waals surface area contributed by atoms with Gasteiger partial charge in [-0.3, -0.25) is 4.90 Å². The zero-order chi connectivity index (χ0) is 14.6. The van der Waals surface area contributed by atoms with Gasteiger partial charge in [0.15, 0.2) is 0 Å². The highest BCUT2D eigenvalue weighted by atomic mass is 79.9. The summed E-state index contributed by atoms with van der Waals surface area (Å²) in [5.74, 6) is 0. The molecule has 0 radical (unpaired) electrons. The molecule has 0 aromatic heterocycles. The van der Waals surface area contributed by atoms with Gasteiger partial charge in [0, 0.05) is 22.9 Å². The van der Waals surface area contributed by atoms with Crippen molar-refractivity contribution in [1.82, 2.24) is 4.90 Å². The van der Waals surface area contributed by atoms with Crippen LogP contribution < -0.4 is 0 Å². The Hall–Kier alpha value is -0.0500. The molecule has 0 heterocycles. The van der Waals surface area contributed by atoms with E-state index >= 15 is 0 Å². The summed E-state index contributed by atoms with van der Waals surface area (Å²) in [5.41, 5.74) is 1.68. The first-order chi connectivity index (χ1) is 9.58. The molecule has 1 unspecified atom stereocenters. The Morgan fingerprint density at radius 3 is 2.50 bits per heavy atom. The number of rotatable bonds is 5. The quantitative estimate of drug-likeness (QED) is 0.612. The van der Waals surface area contributed by atoms with E-state index in [1.165, 1.54) is 37.7 Å². The molecule has 1 aromatic carbocycles. The topological polar surface area (TPSA) is 3.24 Å². The molecule has 3 heteroatoms. The van der Waals surface area contributed by atoms with Gasteiger partial charge in [-0.15, -0.1) is 0 Å². The minimum Gasteiger partial charge on any atom is -0.299 e. The Labute approximate surface area is 136 Å². The third-order valence-electron chi connectivity index (χ3n) is 4.80. The predicted octanol–water partition coefficient (Wildman–Crippen LogP) is 5.68. The van der Waals surface area contributed by atoms with Crippen molar-refractivity contribution in [2.24, 2.45) is 5.41 Å². The molecule has 1 nitrogen and oxygen atoms in total. The van der Waals surface area contributed by atoms with Gasteiger partial charge < -0.3 is 0 Å². The zero-order valence-corrected chi connectivity index (χ0v) is 14.9. The van der Waals surface area contributed by atoms with Gasteiger partial charge in [-0.25, -0.2) is 0 Å². The largest absolute Gasteiger partial charge is 0.299 e. The highest BCUT2D eigenvalue weighted by Crippen LogP contribution is 2.40. The summed E-state index contributed by atoms with van der Waals surface area (Å²) >= 11 is 10.1. The van der Waals surface area contributed by atoms with Crippen LogP contribution >= 0.6 is 27.5 Å². The minimum absolute atomic E-state index is 0.363. The highest BCUT2D eigenvalue weighted by molar-refractivity contribution is 9.09. The van der Waals surface area contributed by atoms with Gasteiger partial charge in [-0.05, 0) is 43.9 Å². The fourth-order valence-electron chi connectivity index (χ4n) is 3.35. The summed E-state index contributed by atoms with van der Waals surface area (Å²) in [6.45, 7) is 3.40. The monoisotopic (exact) mass is 357 g/mol. The molecule has 20 heavy (non-hydrogen) atoms. The van der Waals surface area contributed by atoms with Crippen LogP contribution in [0.4, 0.5) is 0 Å². The summed E-state index contributed by atoms with van der Waals surface area (Å²) in [6.07, 6.45) is 6.84. The molecule has 1 atom stereocenters. The molecule has 1 aliphatic rings. The molecule has 2 rings (SSSR count). The van der Waals surface area contributed by atoms with Crippen molar-refractivity contribution in [2.45, 2.75) is 45.1 Å². The van der Waals surface area contributed by atoms with E-state index in [1.54, 1.807) is 0 Å². The summed E-state index contributed by atoms with van der Waals surface area (Å²) in [7, 11) is 2.23. The van der Waals surface area contributed by atoms with E-state index in [0.717, 1.165) is 16.9 Å².